The Morgan fingerprint density at radius 2 is 1.57 bits per heavy atom. The number of nitrogens with two attached hydrogens (primary N) is 1. The third-order valence-electron chi connectivity index (χ3n) is 4.47. The van der Waals surface area contributed by atoms with E-state index in [2.05, 4.69) is 24.3 Å². The van der Waals surface area contributed by atoms with E-state index < -0.39 is 5.97 Å². The molecule has 0 amide bonds. The van der Waals surface area contributed by atoms with Crippen LogP contribution in [0.4, 0.5) is 0 Å². The molecule has 0 heterocycles. The van der Waals surface area contributed by atoms with Crippen molar-refractivity contribution in [1.82, 2.24) is 0 Å². The minimum Gasteiger partial charge on any atom is -0.481 e. The fourth-order valence-electron chi connectivity index (χ4n) is 3.10. The van der Waals surface area contributed by atoms with Crippen molar-refractivity contribution in [1.29, 1.82) is 0 Å². The minimum absolute atomic E-state index is 0. The predicted octanol–water partition coefficient (Wildman–Crippen LogP) is 3.43. The number of halogens is 1. The molecule has 0 bridgehead atoms. The average molecular weight is 312 g/mol. The first-order chi connectivity index (χ1) is 9.67. The Labute approximate surface area is 133 Å². The molecule has 2 rings (SSSR count). The summed E-state index contributed by atoms with van der Waals surface area (Å²) in [5, 5.41) is 8.68. The third-order valence-corrected chi connectivity index (χ3v) is 4.47. The van der Waals surface area contributed by atoms with Crippen LogP contribution in [-0.2, 0) is 17.6 Å². The first-order valence-corrected chi connectivity index (χ1v) is 7.67. The molecule has 0 saturated heterocycles. The monoisotopic (exact) mass is 311 g/mol. The Morgan fingerprint density at radius 3 is 2.10 bits per heavy atom. The number of aryl methyl sites for hydroxylation is 1. The van der Waals surface area contributed by atoms with E-state index >= 15 is 0 Å². The van der Waals surface area contributed by atoms with Crippen molar-refractivity contribution in [3.8, 4) is 0 Å². The smallest absolute Gasteiger partial charge is 0.303 e. The van der Waals surface area contributed by atoms with Gasteiger partial charge in [-0.15, -0.1) is 12.4 Å². The van der Waals surface area contributed by atoms with E-state index in [1.54, 1.807) is 0 Å². The van der Waals surface area contributed by atoms with Gasteiger partial charge in [0.2, 0.25) is 0 Å². The highest BCUT2D eigenvalue weighted by Gasteiger charge is 2.20. The first-order valence-electron chi connectivity index (χ1n) is 7.67. The number of rotatable bonds is 6. The number of benzene rings is 1. The van der Waals surface area contributed by atoms with Crippen LogP contribution in [0.5, 0.6) is 0 Å². The number of carbonyl (C=O) groups is 1. The molecule has 0 radical (unpaired) electrons. The van der Waals surface area contributed by atoms with Crippen molar-refractivity contribution < 1.29 is 9.90 Å². The number of hydrogen-bond acceptors (Lipinski definition) is 2. The lowest BCUT2D eigenvalue weighted by molar-refractivity contribution is -0.136. The molecule has 0 spiro atoms. The van der Waals surface area contributed by atoms with Crippen molar-refractivity contribution in [2.24, 2.45) is 17.6 Å². The molecule has 1 aliphatic carbocycles. The zero-order valence-corrected chi connectivity index (χ0v) is 13.3. The van der Waals surface area contributed by atoms with Gasteiger partial charge in [0.25, 0.3) is 0 Å². The summed E-state index contributed by atoms with van der Waals surface area (Å²) < 4.78 is 0. The van der Waals surface area contributed by atoms with Gasteiger partial charge in [0.05, 0.1) is 0 Å². The summed E-state index contributed by atoms with van der Waals surface area (Å²) in [6.45, 7) is 0.838. The summed E-state index contributed by atoms with van der Waals surface area (Å²) in [5.41, 5.74) is 8.21. The van der Waals surface area contributed by atoms with Crippen LogP contribution < -0.4 is 5.73 Å². The molecular weight excluding hydrogens is 286 g/mol. The lowest BCUT2D eigenvalue weighted by Gasteiger charge is -2.27. The van der Waals surface area contributed by atoms with E-state index in [1.807, 2.05) is 0 Å². The van der Waals surface area contributed by atoms with Crippen molar-refractivity contribution in [2.45, 2.75) is 44.9 Å². The summed E-state index contributed by atoms with van der Waals surface area (Å²) in [4.78, 5) is 10.5. The quantitative estimate of drug-likeness (QED) is 0.846. The molecule has 3 nitrogen and oxygen atoms in total. The van der Waals surface area contributed by atoms with Crippen LogP contribution in [0.15, 0.2) is 24.3 Å². The Kier molecular flexibility index (Phi) is 7.76. The number of hydrogen-bond donors (Lipinski definition) is 2. The first kappa shape index (κ1) is 18.0. The van der Waals surface area contributed by atoms with Crippen molar-refractivity contribution >= 4 is 18.4 Å². The number of carboxylic acid groups (broad SMARTS) is 1. The minimum atomic E-state index is -0.731. The molecule has 1 aromatic carbocycles. The second-order valence-corrected chi connectivity index (χ2v) is 6.04. The van der Waals surface area contributed by atoms with E-state index in [0.717, 1.165) is 30.4 Å². The maximum absolute atomic E-state index is 10.5. The van der Waals surface area contributed by atoms with Gasteiger partial charge < -0.3 is 10.8 Å². The average Bonchev–Trinajstić information content (AvgIpc) is 2.47. The highest BCUT2D eigenvalue weighted by atomic mass is 35.5. The molecule has 1 aliphatic rings. The largest absolute Gasteiger partial charge is 0.481 e. The van der Waals surface area contributed by atoms with Crippen LogP contribution in [0.1, 0.15) is 43.2 Å². The number of carboxylic acids is 1. The van der Waals surface area contributed by atoms with Gasteiger partial charge in [-0.2, -0.15) is 0 Å². The molecule has 3 N–H and O–H groups in total. The normalized spacial score (nSPS) is 21.6. The maximum atomic E-state index is 10.5. The highest BCUT2D eigenvalue weighted by molar-refractivity contribution is 5.85. The van der Waals surface area contributed by atoms with Crippen LogP contribution in [-0.4, -0.2) is 17.6 Å². The van der Waals surface area contributed by atoms with Gasteiger partial charge in [-0.1, -0.05) is 24.3 Å². The zero-order valence-electron chi connectivity index (χ0n) is 12.5. The topological polar surface area (TPSA) is 63.3 Å². The maximum Gasteiger partial charge on any atom is 0.303 e. The second-order valence-electron chi connectivity index (χ2n) is 6.04. The summed E-state index contributed by atoms with van der Waals surface area (Å²) in [6, 6.07) is 8.46. The molecule has 1 saturated carbocycles. The molecular formula is C17H26ClNO2. The molecule has 1 fully saturated rings. The van der Waals surface area contributed by atoms with Crippen LogP contribution in [0.2, 0.25) is 0 Å². The van der Waals surface area contributed by atoms with E-state index in [9.17, 15) is 4.79 Å². The predicted molar refractivity (Wildman–Crippen MR) is 87.9 cm³/mol. The lowest BCUT2D eigenvalue weighted by Crippen LogP contribution is -2.22. The highest BCUT2D eigenvalue weighted by Crippen LogP contribution is 2.30. The van der Waals surface area contributed by atoms with Gasteiger partial charge in [0.1, 0.15) is 0 Å². The molecule has 21 heavy (non-hydrogen) atoms. The SMILES string of the molecule is Cl.NCC1CCC(Cc2ccc(CCC(=O)O)cc2)CC1. The Hall–Kier alpha value is -1.06. The van der Waals surface area contributed by atoms with Gasteiger partial charge in [-0.25, -0.2) is 0 Å². The molecule has 0 atom stereocenters. The van der Waals surface area contributed by atoms with E-state index in [4.69, 9.17) is 10.8 Å². The lowest BCUT2D eigenvalue weighted by atomic mass is 9.79. The summed E-state index contributed by atoms with van der Waals surface area (Å²) >= 11 is 0. The second kappa shape index (κ2) is 9.06. The summed E-state index contributed by atoms with van der Waals surface area (Å²) in [7, 11) is 0. The van der Waals surface area contributed by atoms with E-state index in [1.165, 1.54) is 31.2 Å². The van der Waals surface area contributed by atoms with E-state index in [0.29, 0.717) is 6.42 Å². The zero-order chi connectivity index (χ0) is 14.4. The van der Waals surface area contributed by atoms with Gasteiger partial charge in [-0.05, 0) is 68.0 Å². The van der Waals surface area contributed by atoms with Crippen molar-refractivity contribution in [3.05, 3.63) is 35.4 Å². The Bertz CT molecular complexity index is 425. The fourth-order valence-corrected chi connectivity index (χ4v) is 3.10. The van der Waals surface area contributed by atoms with Crippen LogP contribution in [0.25, 0.3) is 0 Å². The van der Waals surface area contributed by atoms with Gasteiger partial charge in [0.15, 0.2) is 0 Å². The van der Waals surface area contributed by atoms with Gasteiger partial charge in [-0.3, -0.25) is 4.79 Å². The molecule has 0 aliphatic heterocycles. The van der Waals surface area contributed by atoms with E-state index in [-0.39, 0.29) is 18.8 Å². The molecule has 1 aromatic rings. The Morgan fingerprint density at radius 1 is 1.05 bits per heavy atom. The summed E-state index contributed by atoms with van der Waals surface area (Å²) in [6.07, 6.45) is 7.12. The molecule has 4 heteroatoms. The van der Waals surface area contributed by atoms with Crippen LogP contribution in [0, 0.1) is 11.8 Å². The van der Waals surface area contributed by atoms with Gasteiger partial charge in [0, 0.05) is 6.42 Å². The van der Waals surface area contributed by atoms with Crippen LogP contribution >= 0.6 is 12.4 Å². The van der Waals surface area contributed by atoms with Crippen LogP contribution in [0.3, 0.4) is 0 Å². The summed E-state index contributed by atoms with van der Waals surface area (Å²) in [5.74, 6) is 0.804. The molecule has 0 unspecified atom stereocenters. The Balaban J connectivity index is 0.00000220. The molecule has 0 aromatic heterocycles. The number of aliphatic carboxylic acids is 1. The third kappa shape index (κ3) is 6.06. The van der Waals surface area contributed by atoms with Crippen molar-refractivity contribution in [2.75, 3.05) is 6.54 Å². The van der Waals surface area contributed by atoms with Crippen molar-refractivity contribution in [3.63, 3.8) is 0 Å². The molecule has 118 valence electrons. The fraction of sp³-hybridized carbons (Fsp3) is 0.588. The standard InChI is InChI=1S/C17H25NO2.ClH/c18-12-16-7-5-15(6-8-16)11-14-3-1-13(2-4-14)9-10-17(19)20;/h1-4,15-16H,5-12,18H2,(H,19,20);1H. The van der Waals surface area contributed by atoms with Gasteiger partial charge >= 0.3 is 5.97 Å².